The highest BCUT2D eigenvalue weighted by molar-refractivity contribution is 7.99. The van der Waals surface area contributed by atoms with Crippen LogP contribution in [0.15, 0.2) is 5.16 Å². The van der Waals surface area contributed by atoms with Gasteiger partial charge in [0.05, 0.1) is 11.1 Å². The van der Waals surface area contributed by atoms with Crippen molar-refractivity contribution in [3.05, 3.63) is 16.3 Å². The predicted molar refractivity (Wildman–Crippen MR) is 125 cm³/mol. The fraction of sp³-hybridized carbons (Fsp3) is 0.636. The standard InChI is InChI=1S/C22H31N5OS2/c1-12(2)19-23-21-18(15-9-7-8-10-16(15)30-21)20-24-25-22(27(19)20)29-11-17(28)26(13(3)4)14(5)6/h12-14H,7-11H2,1-6H3. The van der Waals surface area contributed by atoms with Crippen molar-refractivity contribution in [1.82, 2.24) is 24.5 Å². The number of rotatable bonds is 6. The molecule has 6 nitrogen and oxygen atoms in total. The van der Waals surface area contributed by atoms with Gasteiger partial charge in [0.25, 0.3) is 0 Å². The molecule has 0 N–H and O–H groups in total. The van der Waals surface area contributed by atoms with Gasteiger partial charge in [-0.05, 0) is 58.9 Å². The van der Waals surface area contributed by atoms with Crippen LogP contribution >= 0.6 is 23.1 Å². The van der Waals surface area contributed by atoms with Crippen LogP contribution in [0.1, 0.15) is 76.6 Å². The lowest BCUT2D eigenvalue weighted by Gasteiger charge is -2.30. The number of nitrogens with zero attached hydrogens (tertiary/aromatic N) is 5. The summed E-state index contributed by atoms with van der Waals surface area (Å²) in [6.07, 6.45) is 4.72. The van der Waals surface area contributed by atoms with E-state index in [9.17, 15) is 4.79 Å². The number of carbonyl (C=O) groups is 1. The maximum Gasteiger partial charge on any atom is 0.233 e. The lowest BCUT2D eigenvalue weighted by atomic mass is 9.97. The van der Waals surface area contributed by atoms with Crippen molar-refractivity contribution in [3.63, 3.8) is 0 Å². The van der Waals surface area contributed by atoms with Crippen LogP contribution in [-0.2, 0) is 17.6 Å². The molecule has 0 unspecified atom stereocenters. The summed E-state index contributed by atoms with van der Waals surface area (Å²) in [5.41, 5.74) is 2.32. The summed E-state index contributed by atoms with van der Waals surface area (Å²) in [5, 5.41) is 11.0. The molecule has 0 aliphatic heterocycles. The summed E-state index contributed by atoms with van der Waals surface area (Å²) in [6, 6.07) is 0.358. The quantitative estimate of drug-likeness (QED) is 0.495. The molecule has 3 aromatic heterocycles. The van der Waals surface area contributed by atoms with E-state index in [1.165, 1.54) is 40.4 Å². The summed E-state index contributed by atoms with van der Waals surface area (Å²) in [7, 11) is 0. The second-order valence-electron chi connectivity index (χ2n) is 8.93. The zero-order valence-corrected chi connectivity index (χ0v) is 20.4. The van der Waals surface area contributed by atoms with Crippen molar-refractivity contribution in [3.8, 4) is 0 Å². The van der Waals surface area contributed by atoms with Gasteiger partial charge in [-0.15, -0.1) is 21.5 Å². The molecule has 0 saturated heterocycles. The predicted octanol–water partition coefficient (Wildman–Crippen LogP) is 5.08. The summed E-state index contributed by atoms with van der Waals surface area (Å²) >= 11 is 3.29. The highest BCUT2D eigenvalue weighted by Crippen LogP contribution is 2.39. The summed E-state index contributed by atoms with van der Waals surface area (Å²) < 4.78 is 2.10. The summed E-state index contributed by atoms with van der Waals surface area (Å²) in [5.74, 6) is 1.70. The van der Waals surface area contributed by atoms with Gasteiger partial charge in [0.15, 0.2) is 10.8 Å². The van der Waals surface area contributed by atoms with Gasteiger partial charge in [-0.25, -0.2) is 4.98 Å². The van der Waals surface area contributed by atoms with E-state index in [1.807, 2.05) is 16.2 Å². The van der Waals surface area contributed by atoms with E-state index in [2.05, 4.69) is 56.1 Å². The van der Waals surface area contributed by atoms with Crippen molar-refractivity contribution < 1.29 is 4.79 Å². The van der Waals surface area contributed by atoms with Gasteiger partial charge in [-0.2, -0.15) is 0 Å². The number of aryl methyl sites for hydroxylation is 2. The van der Waals surface area contributed by atoms with E-state index in [-0.39, 0.29) is 23.9 Å². The van der Waals surface area contributed by atoms with Crippen LogP contribution in [-0.4, -0.2) is 48.2 Å². The van der Waals surface area contributed by atoms with Gasteiger partial charge < -0.3 is 4.90 Å². The number of hydrogen-bond donors (Lipinski definition) is 0. The van der Waals surface area contributed by atoms with E-state index in [0.717, 1.165) is 34.3 Å². The van der Waals surface area contributed by atoms with Crippen molar-refractivity contribution in [1.29, 1.82) is 0 Å². The molecule has 1 aliphatic carbocycles. The molecular weight excluding hydrogens is 414 g/mol. The first kappa shape index (κ1) is 21.6. The molecule has 3 aromatic rings. The minimum Gasteiger partial charge on any atom is -0.337 e. The van der Waals surface area contributed by atoms with Gasteiger partial charge in [0.2, 0.25) is 5.91 Å². The Hall–Kier alpha value is -1.67. The minimum absolute atomic E-state index is 0.134. The Kier molecular flexibility index (Phi) is 6.08. The molecule has 0 atom stereocenters. The van der Waals surface area contributed by atoms with Gasteiger partial charge in [-0.3, -0.25) is 9.20 Å². The third-order valence-corrected chi connectivity index (χ3v) is 7.80. The topological polar surface area (TPSA) is 63.4 Å². The first-order chi connectivity index (χ1) is 14.3. The largest absolute Gasteiger partial charge is 0.337 e. The Bertz CT molecular complexity index is 1070. The van der Waals surface area contributed by atoms with E-state index in [0.29, 0.717) is 5.75 Å². The van der Waals surface area contributed by atoms with Crippen LogP contribution in [0.5, 0.6) is 0 Å². The second kappa shape index (κ2) is 8.46. The molecule has 0 fully saturated rings. The third kappa shape index (κ3) is 3.73. The highest BCUT2D eigenvalue weighted by atomic mass is 32.2. The molecule has 8 heteroatoms. The normalized spacial score (nSPS) is 14.4. The Balaban J connectivity index is 1.75. The van der Waals surface area contributed by atoms with E-state index in [4.69, 9.17) is 4.98 Å². The van der Waals surface area contributed by atoms with Gasteiger partial charge in [0, 0.05) is 22.9 Å². The van der Waals surface area contributed by atoms with Gasteiger partial charge in [0.1, 0.15) is 10.7 Å². The van der Waals surface area contributed by atoms with Crippen molar-refractivity contribution in [2.24, 2.45) is 0 Å². The van der Waals surface area contributed by atoms with Crippen LogP contribution < -0.4 is 0 Å². The number of thioether (sulfide) groups is 1. The fourth-order valence-corrected chi connectivity index (χ4v) is 6.58. The maximum atomic E-state index is 12.9. The molecule has 1 amide bonds. The van der Waals surface area contributed by atoms with Crippen LogP contribution in [0.4, 0.5) is 0 Å². The maximum absolute atomic E-state index is 12.9. The summed E-state index contributed by atoms with van der Waals surface area (Å²) in [6.45, 7) is 12.6. The van der Waals surface area contributed by atoms with Crippen molar-refractivity contribution >= 4 is 44.9 Å². The van der Waals surface area contributed by atoms with E-state index < -0.39 is 0 Å². The molecule has 3 heterocycles. The van der Waals surface area contributed by atoms with E-state index in [1.54, 1.807) is 0 Å². The average Bonchev–Trinajstić information content (AvgIpc) is 3.25. The second-order valence-corrected chi connectivity index (χ2v) is 11.0. The number of thiophene rings is 1. The van der Waals surface area contributed by atoms with Crippen LogP contribution in [0, 0.1) is 0 Å². The Morgan fingerprint density at radius 3 is 2.47 bits per heavy atom. The molecule has 30 heavy (non-hydrogen) atoms. The van der Waals surface area contributed by atoms with Crippen LogP contribution in [0.3, 0.4) is 0 Å². The molecule has 0 aromatic carbocycles. The molecule has 0 bridgehead atoms. The summed E-state index contributed by atoms with van der Waals surface area (Å²) in [4.78, 5) is 22.4. The smallest absolute Gasteiger partial charge is 0.233 e. The van der Waals surface area contributed by atoms with Crippen molar-refractivity contribution in [2.75, 3.05) is 5.75 Å². The lowest BCUT2D eigenvalue weighted by molar-refractivity contribution is -0.131. The minimum atomic E-state index is 0.134. The fourth-order valence-electron chi connectivity index (χ4n) is 4.51. The molecule has 0 radical (unpaired) electrons. The Morgan fingerprint density at radius 1 is 1.10 bits per heavy atom. The number of fused-ring (bicyclic) bond motifs is 5. The molecule has 0 saturated carbocycles. The number of carbonyl (C=O) groups excluding carboxylic acids is 1. The van der Waals surface area contributed by atoms with Gasteiger partial charge >= 0.3 is 0 Å². The van der Waals surface area contributed by atoms with Crippen LogP contribution in [0.25, 0.3) is 15.9 Å². The average molecular weight is 446 g/mol. The van der Waals surface area contributed by atoms with Crippen molar-refractivity contribution in [2.45, 2.75) is 90.4 Å². The zero-order chi connectivity index (χ0) is 21.6. The molecule has 162 valence electrons. The Morgan fingerprint density at radius 2 is 1.80 bits per heavy atom. The number of amides is 1. The SMILES string of the molecule is CC(C)c1nc2sc3c(c2c2nnc(SCC(=O)N(C(C)C)C(C)C)n12)CCCC3. The van der Waals surface area contributed by atoms with Crippen LogP contribution in [0.2, 0.25) is 0 Å². The first-order valence-corrected chi connectivity index (χ1v) is 12.7. The molecule has 4 rings (SSSR count). The third-order valence-electron chi connectivity index (χ3n) is 5.70. The molecule has 1 aliphatic rings. The number of aromatic nitrogens is 4. The first-order valence-electron chi connectivity index (χ1n) is 10.9. The molecule has 0 spiro atoms. The molecular formula is C22H31N5OS2. The number of hydrogen-bond acceptors (Lipinski definition) is 6. The lowest BCUT2D eigenvalue weighted by Crippen LogP contribution is -2.43. The Labute approximate surface area is 186 Å². The van der Waals surface area contributed by atoms with E-state index >= 15 is 0 Å². The zero-order valence-electron chi connectivity index (χ0n) is 18.7. The highest BCUT2D eigenvalue weighted by Gasteiger charge is 2.26. The van der Waals surface area contributed by atoms with Gasteiger partial charge in [-0.1, -0.05) is 25.6 Å². The monoisotopic (exact) mass is 445 g/mol.